The van der Waals surface area contributed by atoms with Crippen molar-refractivity contribution in [2.75, 3.05) is 11.9 Å². The van der Waals surface area contributed by atoms with Gasteiger partial charge in [-0.2, -0.15) is 0 Å². The number of aromatic hydroxyl groups is 1. The molecule has 0 radical (unpaired) electrons. The Balaban J connectivity index is 1.93. The number of phenols is 1. The molecule has 2 rings (SSSR count). The fourth-order valence-electron chi connectivity index (χ4n) is 1.76. The molecule has 0 saturated heterocycles. The average Bonchev–Trinajstić information content (AvgIpc) is 2.48. The largest absolute Gasteiger partial charge is 0.507 e. The highest BCUT2D eigenvalue weighted by Crippen LogP contribution is 2.22. The molecule has 0 spiro atoms. The fourth-order valence-corrected chi connectivity index (χ4v) is 2.05. The van der Waals surface area contributed by atoms with Gasteiger partial charge in [0.2, 0.25) is 0 Å². The SMILES string of the molecule is Cc1ccc(NC(=O)COC(=O)c2ccccc2O)c(Cl)c1. The van der Waals surface area contributed by atoms with E-state index in [9.17, 15) is 14.7 Å². The molecule has 0 aliphatic carbocycles. The van der Waals surface area contributed by atoms with E-state index in [2.05, 4.69) is 5.32 Å². The van der Waals surface area contributed by atoms with Gasteiger partial charge in [0.1, 0.15) is 11.3 Å². The fraction of sp³-hybridized carbons (Fsp3) is 0.125. The number of nitrogens with one attached hydrogen (secondary N) is 1. The van der Waals surface area contributed by atoms with Gasteiger partial charge < -0.3 is 15.2 Å². The Morgan fingerprint density at radius 1 is 1.23 bits per heavy atom. The topological polar surface area (TPSA) is 75.6 Å². The highest BCUT2D eigenvalue weighted by atomic mass is 35.5. The van der Waals surface area contributed by atoms with Gasteiger partial charge in [-0.25, -0.2) is 4.79 Å². The second kappa shape index (κ2) is 6.95. The van der Waals surface area contributed by atoms with Gasteiger partial charge in [-0.1, -0.05) is 29.8 Å². The summed E-state index contributed by atoms with van der Waals surface area (Å²) in [4.78, 5) is 23.5. The van der Waals surface area contributed by atoms with Crippen molar-refractivity contribution in [1.82, 2.24) is 0 Å². The molecule has 0 aliphatic heterocycles. The van der Waals surface area contributed by atoms with E-state index in [-0.39, 0.29) is 11.3 Å². The number of amides is 1. The van der Waals surface area contributed by atoms with Crippen molar-refractivity contribution >= 4 is 29.2 Å². The van der Waals surface area contributed by atoms with Crippen LogP contribution >= 0.6 is 11.6 Å². The Hall–Kier alpha value is -2.53. The Morgan fingerprint density at radius 2 is 1.95 bits per heavy atom. The molecule has 0 aromatic heterocycles. The van der Waals surface area contributed by atoms with Crippen LogP contribution in [0.3, 0.4) is 0 Å². The van der Waals surface area contributed by atoms with Crippen LogP contribution in [0.5, 0.6) is 5.75 Å². The Kier molecular flexibility index (Phi) is 5.01. The lowest BCUT2D eigenvalue weighted by Crippen LogP contribution is -2.21. The van der Waals surface area contributed by atoms with Crippen LogP contribution in [0.2, 0.25) is 5.02 Å². The molecule has 0 atom stereocenters. The predicted molar refractivity (Wildman–Crippen MR) is 83.2 cm³/mol. The molecule has 2 aromatic carbocycles. The average molecular weight is 320 g/mol. The number of carbonyl (C=O) groups excluding carboxylic acids is 2. The molecule has 0 saturated carbocycles. The molecule has 5 nitrogen and oxygen atoms in total. The standard InChI is InChI=1S/C16H14ClNO4/c1-10-6-7-13(12(17)8-10)18-15(20)9-22-16(21)11-4-2-3-5-14(11)19/h2-8,19H,9H2,1H3,(H,18,20). The van der Waals surface area contributed by atoms with Crippen molar-refractivity contribution in [3.63, 3.8) is 0 Å². The maximum absolute atomic E-state index is 11.8. The summed E-state index contributed by atoms with van der Waals surface area (Å²) in [6.45, 7) is 1.41. The number of halogens is 1. The van der Waals surface area contributed by atoms with Crippen LogP contribution in [0.4, 0.5) is 5.69 Å². The van der Waals surface area contributed by atoms with Gasteiger partial charge in [0, 0.05) is 0 Å². The smallest absolute Gasteiger partial charge is 0.342 e. The molecule has 1 amide bonds. The van der Waals surface area contributed by atoms with Crippen molar-refractivity contribution in [2.45, 2.75) is 6.92 Å². The lowest BCUT2D eigenvalue weighted by atomic mass is 10.2. The molecular weight excluding hydrogens is 306 g/mol. The van der Waals surface area contributed by atoms with Gasteiger partial charge in [0.15, 0.2) is 6.61 Å². The van der Waals surface area contributed by atoms with Crippen LogP contribution in [0, 0.1) is 6.92 Å². The third-order valence-electron chi connectivity index (χ3n) is 2.86. The number of phenolic OH excluding ortho intramolecular Hbond substituents is 1. The van der Waals surface area contributed by atoms with E-state index in [1.54, 1.807) is 30.3 Å². The summed E-state index contributed by atoms with van der Waals surface area (Å²) in [6, 6.07) is 11.1. The van der Waals surface area contributed by atoms with Crippen LogP contribution in [-0.2, 0) is 9.53 Å². The predicted octanol–water partition coefficient (Wildman–Crippen LogP) is 3.15. The van der Waals surface area contributed by atoms with Gasteiger partial charge in [-0.3, -0.25) is 4.79 Å². The minimum atomic E-state index is -0.775. The van der Waals surface area contributed by atoms with Crippen LogP contribution in [0.15, 0.2) is 42.5 Å². The summed E-state index contributed by atoms with van der Waals surface area (Å²) >= 11 is 6.00. The molecule has 22 heavy (non-hydrogen) atoms. The van der Waals surface area contributed by atoms with Gasteiger partial charge >= 0.3 is 5.97 Å². The minimum Gasteiger partial charge on any atom is -0.507 e. The zero-order valence-electron chi connectivity index (χ0n) is 11.8. The number of hydrogen-bond acceptors (Lipinski definition) is 4. The lowest BCUT2D eigenvalue weighted by molar-refractivity contribution is -0.119. The number of carbonyl (C=O) groups is 2. The first-order chi connectivity index (χ1) is 10.5. The Bertz CT molecular complexity index is 715. The van der Waals surface area contributed by atoms with E-state index >= 15 is 0 Å². The van der Waals surface area contributed by atoms with E-state index in [1.807, 2.05) is 6.92 Å². The van der Waals surface area contributed by atoms with Crippen molar-refractivity contribution in [3.8, 4) is 5.75 Å². The molecule has 2 aromatic rings. The third-order valence-corrected chi connectivity index (χ3v) is 3.17. The maximum atomic E-state index is 11.8. The first-order valence-electron chi connectivity index (χ1n) is 6.48. The van der Waals surface area contributed by atoms with Gasteiger partial charge in [0.25, 0.3) is 5.91 Å². The monoisotopic (exact) mass is 319 g/mol. The highest BCUT2D eigenvalue weighted by Gasteiger charge is 2.14. The lowest BCUT2D eigenvalue weighted by Gasteiger charge is -2.09. The summed E-state index contributed by atoms with van der Waals surface area (Å²) in [5, 5.41) is 12.5. The first-order valence-corrected chi connectivity index (χ1v) is 6.86. The summed E-state index contributed by atoms with van der Waals surface area (Å²) in [7, 11) is 0. The summed E-state index contributed by atoms with van der Waals surface area (Å²) in [6.07, 6.45) is 0. The molecule has 0 aliphatic rings. The second-order valence-corrected chi connectivity index (χ2v) is 5.03. The molecule has 0 bridgehead atoms. The number of esters is 1. The van der Waals surface area contributed by atoms with E-state index in [4.69, 9.17) is 16.3 Å². The number of benzene rings is 2. The van der Waals surface area contributed by atoms with Crippen LogP contribution in [0.1, 0.15) is 15.9 Å². The molecule has 2 N–H and O–H groups in total. The number of anilines is 1. The number of aryl methyl sites for hydroxylation is 1. The van der Waals surface area contributed by atoms with Crippen LogP contribution in [0.25, 0.3) is 0 Å². The Labute approximate surface area is 132 Å². The van der Waals surface area contributed by atoms with E-state index in [0.717, 1.165) is 5.56 Å². The van der Waals surface area contributed by atoms with Gasteiger partial charge in [0.05, 0.1) is 10.7 Å². The van der Waals surface area contributed by atoms with Crippen molar-refractivity contribution in [3.05, 3.63) is 58.6 Å². The van der Waals surface area contributed by atoms with Crippen LogP contribution in [-0.4, -0.2) is 23.6 Å². The van der Waals surface area contributed by atoms with Gasteiger partial charge in [-0.05, 0) is 36.8 Å². The normalized spacial score (nSPS) is 10.1. The zero-order chi connectivity index (χ0) is 16.1. The van der Waals surface area contributed by atoms with Crippen molar-refractivity contribution in [2.24, 2.45) is 0 Å². The number of ether oxygens (including phenoxy) is 1. The summed E-state index contributed by atoms with van der Waals surface area (Å²) in [5.74, 6) is -1.49. The quantitative estimate of drug-likeness (QED) is 0.849. The maximum Gasteiger partial charge on any atom is 0.342 e. The third kappa shape index (κ3) is 3.99. The van der Waals surface area contributed by atoms with Crippen LogP contribution < -0.4 is 5.32 Å². The second-order valence-electron chi connectivity index (χ2n) is 4.62. The summed E-state index contributed by atoms with van der Waals surface area (Å²) < 4.78 is 4.85. The molecule has 6 heteroatoms. The summed E-state index contributed by atoms with van der Waals surface area (Å²) in [5.41, 5.74) is 1.41. The number of para-hydroxylation sites is 1. The molecular formula is C16H14ClNO4. The minimum absolute atomic E-state index is 0.00340. The molecule has 114 valence electrons. The van der Waals surface area contributed by atoms with E-state index in [1.165, 1.54) is 12.1 Å². The van der Waals surface area contributed by atoms with E-state index < -0.39 is 18.5 Å². The van der Waals surface area contributed by atoms with Crippen molar-refractivity contribution in [1.29, 1.82) is 0 Å². The number of hydrogen-bond donors (Lipinski definition) is 2. The first kappa shape index (κ1) is 15.9. The Morgan fingerprint density at radius 3 is 2.64 bits per heavy atom. The molecule has 0 unspecified atom stereocenters. The molecule has 0 heterocycles. The van der Waals surface area contributed by atoms with Gasteiger partial charge in [-0.15, -0.1) is 0 Å². The van der Waals surface area contributed by atoms with E-state index in [0.29, 0.717) is 10.7 Å². The zero-order valence-corrected chi connectivity index (χ0v) is 12.6. The number of rotatable bonds is 4. The highest BCUT2D eigenvalue weighted by molar-refractivity contribution is 6.33. The molecule has 0 fully saturated rings. The van der Waals surface area contributed by atoms with Crippen molar-refractivity contribution < 1.29 is 19.4 Å².